The Kier molecular flexibility index (Phi) is 4.12. The smallest absolute Gasteiger partial charge is 0.311 e. The first-order valence-electron chi connectivity index (χ1n) is 4.17. The van der Waals surface area contributed by atoms with Crippen LogP contribution in [0.4, 0.5) is 0 Å². The van der Waals surface area contributed by atoms with Gasteiger partial charge in [0.25, 0.3) is 0 Å². The fraction of sp³-hybridized carbons (Fsp3) is 0.333. The zero-order valence-corrected chi connectivity index (χ0v) is 8.58. The fourth-order valence-corrected chi connectivity index (χ4v) is 1.85. The van der Waals surface area contributed by atoms with Gasteiger partial charge in [0.15, 0.2) is 0 Å². The van der Waals surface area contributed by atoms with Crippen LogP contribution in [0.15, 0.2) is 16.6 Å². The van der Waals surface area contributed by atoms with Gasteiger partial charge in [0.1, 0.15) is 0 Å². The van der Waals surface area contributed by atoms with Crippen molar-refractivity contribution >= 4 is 23.5 Å². The molecule has 5 heteroatoms. The van der Waals surface area contributed by atoms with Gasteiger partial charge in [-0.05, 0) is 18.4 Å². The highest BCUT2D eigenvalue weighted by Crippen LogP contribution is 2.16. The Morgan fingerprint density at radius 1 is 1.79 bits per heavy atom. The van der Waals surface area contributed by atoms with Crippen molar-refractivity contribution in [2.24, 2.45) is 5.16 Å². The Bertz CT molecular complexity index is 333. The zero-order chi connectivity index (χ0) is 10.4. The van der Waals surface area contributed by atoms with Crippen LogP contribution in [0.25, 0.3) is 0 Å². The minimum absolute atomic E-state index is 0.229. The summed E-state index contributed by atoms with van der Waals surface area (Å²) in [6, 6.07) is 1.79. The van der Waals surface area contributed by atoms with Gasteiger partial charge in [-0.3, -0.25) is 4.79 Å². The summed E-state index contributed by atoms with van der Waals surface area (Å²) >= 11 is 1.44. The van der Waals surface area contributed by atoms with Gasteiger partial charge in [-0.15, -0.1) is 11.3 Å². The van der Waals surface area contributed by atoms with E-state index >= 15 is 0 Å². The van der Waals surface area contributed by atoms with Gasteiger partial charge in [0, 0.05) is 10.4 Å². The van der Waals surface area contributed by atoms with Crippen LogP contribution >= 0.6 is 11.3 Å². The van der Waals surface area contributed by atoms with Gasteiger partial charge in [-0.2, -0.15) is 0 Å². The van der Waals surface area contributed by atoms with Gasteiger partial charge in [-0.1, -0.05) is 5.16 Å². The third kappa shape index (κ3) is 2.85. The molecule has 1 aromatic rings. The summed E-state index contributed by atoms with van der Waals surface area (Å²) in [5.41, 5.74) is 0.755. The number of rotatable bonds is 4. The highest BCUT2D eigenvalue weighted by Gasteiger charge is 2.08. The third-order valence-electron chi connectivity index (χ3n) is 1.59. The summed E-state index contributed by atoms with van der Waals surface area (Å²) in [5.74, 6) is -0.262. The van der Waals surface area contributed by atoms with Crippen LogP contribution < -0.4 is 0 Å². The highest BCUT2D eigenvalue weighted by molar-refractivity contribution is 7.10. The van der Waals surface area contributed by atoms with E-state index in [0.29, 0.717) is 6.61 Å². The van der Waals surface area contributed by atoms with Crippen LogP contribution in [0.2, 0.25) is 0 Å². The standard InChI is InChI=1S/C9H11NO3S/c1-2-13-9(11)5-8-7(6-10-12)3-4-14-8/h3-4,6,12H,2,5H2,1H3/b10-6+. The Labute approximate surface area is 85.8 Å². The number of carbonyl (C=O) groups is 1. The zero-order valence-electron chi connectivity index (χ0n) is 7.77. The average molecular weight is 213 g/mol. The van der Waals surface area contributed by atoms with Crippen molar-refractivity contribution in [3.05, 3.63) is 21.9 Å². The summed E-state index contributed by atoms with van der Waals surface area (Å²) in [5, 5.41) is 13.1. The average Bonchev–Trinajstić information content (AvgIpc) is 2.54. The number of hydrogen-bond acceptors (Lipinski definition) is 5. The largest absolute Gasteiger partial charge is 0.466 e. The highest BCUT2D eigenvalue weighted by atomic mass is 32.1. The second kappa shape index (κ2) is 5.39. The lowest BCUT2D eigenvalue weighted by Crippen LogP contribution is -2.07. The molecular weight excluding hydrogens is 202 g/mol. The number of nitrogens with zero attached hydrogens (tertiary/aromatic N) is 1. The fourth-order valence-electron chi connectivity index (χ4n) is 1.01. The normalized spacial score (nSPS) is 10.6. The van der Waals surface area contributed by atoms with Crippen LogP contribution in [0.3, 0.4) is 0 Å². The van der Waals surface area contributed by atoms with Crippen LogP contribution in [0.5, 0.6) is 0 Å². The Morgan fingerprint density at radius 2 is 2.57 bits per heavy atom. The first-order chi connectivity index (χ1) is 6.77. The lowest BCUT2D eigenvalue weighted by atomic mass is 10.2. The molecular formula is C9H11NO3S. The first kappa shape index (κ1) is 10.7. The molecule has 0 saturated carbocycles. The number of ether oxygens (including phenoxy) is 1. The molecule has 0 aliphatic carbocycles. The molecule has 0 amide bonds. The van der Waals surface area contributed by atoms with Crippen molar-refractivity contribution in [2.75, 3.05) is 6.61 Å². The third-order valence-corrected chi connectivity index (χ3v) is 2.52. The molecule has 0 radical (unpaired) electrons. The molecule has 1 N–H and O–H groups in total. The molecule has 0 unspecified atom stereocenters. The van der Waals surface area contributed by atoms with Gasteiger partial charge in [-0.25, -0.2) is 0 Å². The van der Waals surface area contributed by atoms with E-state index in [9.17, 15) is 4.79 Å². The maximum atomic E-state index is 11.1. The number of carbonyl (C=O) groups excluding carboxylic acids is 1. The predicted octanol–water partition coefficient (Wildman–Crippen LogP) is 1.66. The van der Waals surface area contributed by atoms with E-state index in [1.165, 1.54) is 17.6 Å². The van der Waals surface area contributed by atoms with Crippen LogP contribution in [0, 0.1) is 0 Å². The van der Waals surface area contributed by atoms with Crippen molar-refractivity contribution in [2.45, 2.75) is 13.3 Å². The Hall–Kier alpha value is -1.36. The molecule has 0 aliphatic rings. The van der Waals surface area contributed by atoms with E-state index in [2.05, 4.69) is 5.16 Å². The van der Waals surface area contributed by atoms with Crippen molar-refractivity contribution in [1.82, 2.24) is 0 Å². The summed E-state index contributed by atoms with van der Waals surface area (Å²) in [7, 11) is 0. The molecule has 0 aliphatic heterocycles. The monoisotopic (exact) mass is 213 g/mol. The van der Waals surface area contributed by atoms with Crippen molar-refractivity contribution in [1.29, 1.82) is 0 Å². The molecule has 1 heterocycles. The second-order valence-corrected chi connectivity index (χ2v) is 3.53. The predicted molar refractivity (Wildman–Crippen MR) is 54.0 cm³/mol. The van der Waals surface area contributed by atoms with Gasteiger partial charge < -0.3 is 9.94 Å². The lowest BCUT2D eigenvalue weighted by Gasteiger charge is -2.00. The van der Waals surface area contributed by atoms with Crippen LogP contribution in [-0.4, -0.2) is 24.0 Å². The minimum atomic E-state index is -0.262. The molecule has 4 nitrogen and oxygen atoms in total. The van der Waals surface area contributed by atoms with E-state index in [1.807, 2.05) is 5.38 Å². The SMILES string of the molecule is CCOC(=O)Cc1sccc1/C=N/O. The summed E-state index contributed by atoms with van der Waals surface area (Å²) < 4.78 is 4.81. The van der Waals surface area contributed by atoms with Gasteiger partial charge in [0.2, 0.25) is 0 Å². The van der Waals surface area contributed by atoms with E-state index in [4.69, 9.17) is 9.94 Å². The Balaban J connectivity index is 2.66. The maximum Gasteiger partial charge on any atom is 0.311 e. The van der Waals surface area contributed by atoms with E-state index in [0.717, 1.165) is 10.4 Å². The molecule has 1 aromatic heterocycles. The van der Waals surface area contributed by atoms with E-state index < -0.39 is 0 Å². The number of oxime groups is 1. The van der Waals surface area contributed by atoms with Gasteiger partial charge >= 0.3 is 5.97 Å². The van der Waals surface area contributed by atoms with Crippen LogP contribution in [0.1, 0.15) is 17.4 Å². The molecule has 76 valence electrons. The molecule has 1 rings (SSSR count). The quantitative estimate of drug-likeness (QED) is 0.358. The molecule has 0 atom stereocenters. The number of hydrogen-bond donors (Lipinski definition) is 1. The van der Waals surface area contributed by atoms with Crippen molar-refractivity contribution < 1.29 is 14.7 Å². The molecule has 0 saturated heterocycles. The molecule has 0 spiro atoms. The maximum absolute atomic E-state index is 11.1. The molecule has 0 fully saturated rings. The summed E-state index contributed by atoms with van der Waals surface area (Å²) in [6.07, 6.45) is 1.54. The van der Waals surface area contributed by atoms with Crippen molar-refractivity contribution in [3.63, 3.8) is 0 Å². The summed E-state index contributed by atoms with van der Waals surface area (Å²) in [4.78, 5) is 12.0. The topological polar surface area (TPSA) is 58.9 Å². The number of esters is 1. The second-order valence-electron chi connectivity index (χ2n) is 2.53. The summed E-state index contributed by atoms with van der Waals surface area (Å²) in [6.45, 7) is 2.15. The van der Waals surface area contributed by atoms with E-state index in [-0.39, 0.29) is 12.4 Å². The minimum Gasteiger partial charge on any atom is -0.466 e. The van der Waals surface area contributed by atoms with E-state index in [1.54, 1.807) is 13.0 Å². The van der Waals surface area contributed by atoms with Crippen LogP contribution in [-0.2, 0) is 16.0 Å². The molecule has 14 heavy (non-hydrogen) atoms. The Morgan fingerprint density at radius 3 is 3.21 bits per heavy atom. The molecule has 0 aromatic carbocycles. The van der Waals surface area contributed by atoms with Gasteiger partial charge in [0.05, 0.1) is 19.2 Å². The lowest BCUT2D eigenvalue weighted by molar-refractivity contribution is -0.142. The van der Waals surface area contributed by atoms with Crippen molar-refractivity contribution in [3.8, 4) is 0 Å². The number of thiophene rings is 1. The first-order valence-corrected chi connectivity index (χ1v) is 5.05. The molecule has 0 bridgehead atoms.